The van der Waals surface area contributed by atoms with Gasteiger partial charge in [-0.2, -0.15) is 0 Å². The lowest BCUT2D eigenvalue weighted by molar-refractivity contribution is 0.627. The molecule has 0 amide bonds. The van der Waals surface area contributed by atoms with Gasteiger partial charge in [-0.15, -0.1) is 0 Å². The highest BCUT2D eigenvalue weighted by Crippen LogP contribution is 2.21. The molecule has 0 aliphatic rings. The second-order valence-corrected chi connectivity index (χ2v) is 4.30. The summed E-state index contributed by atoms with van der Waals surface area (Å²) in [6.07, 6.45) is 0. The topological polar surface area (TPSA) is 38.0 Å². The quantitative estimate of drug-likeness (QED) is 0.866. The minimum atomic E-state index is -0.249. The summed E-state index contributed by atoms with van der Waals surface area (Å²) in [4.78, 5) is 0. The van der Waals surface area contributed by atoms with Crippen molar-refractivity contribution in [3.05, 3.63) is 65.5 Å². The van der Waals surface area contributed by atoms with E-state index in [4.69, 9.17) is 5.73 Å². The van der Waals surface area contributed by atoms with Crippen LogP contribution < -0.4 is 11.1 Å². The molecule has 0 aliphatic carbocycles. The summed E-state index contributed by atoms with van der Waals surface area (Å²) in [5.41, 5.74) is 8.87. The molecule has 0 bridgehead atoms. The van der Waals surface area contributed by atoms with Crippen molar-refractivity contribution in [1.29, 1.82) is 0 Å². The first kappa shape index (κ1) is 12.6. The monoisotopic (exact) mass is 244 g/mol. The van der Waals surface area contributed by atoms with E-state index in [0.29, 0.717) is 6.54 Å². The SMILES string of the molecule is Cc1ccccc1C(CN)Nc1cccc(F)c1. The van der Waals surface area contributed by atoms with Crippen molar-refractivity contribution in [1.82, 2.24) is 0 Å². The second kappa shape index (κ2) is 5.65. The lowest BCUT2D eigenvalue weighted by Crippen LogP contribution is -2.21. The van der Waals surface area contributed by atoms with E-state index in [9.17, 15) is 4.39 Å². The number of aryl methyl sites for hydroxylation is 1. The molecule has 0 heterocycles. The first-order valence-corrected chi connectivity index (χ1v) is 5.98. The highest BCUT2D eigenvalue weighted by Gasteiger charge is 2.11. The van der Waals surface area contributed by atoms with E-state index in [1.165, 1.54) is 17.7 Å². The number of rotatable bonds is 4. The van der Waals surface area contributed by atoms with Gasteiger partial charge in [0, 0.05) is 12.2 Å². The van der Waals surface area contributed by atoms with E-state index in [2.05, 4.69) is 5.32 Å². The van der Waals surface area contributed by atoms with E-state index < -0.39 is 0 Å². The fraction of sp³-hybridized carbons (Fsp3) is 0.200. The lowest BCUT2D eigenvalue weighted by atomic mass is 10.0. The Morgan fingerprint density at radius 3 is 2.61 bits per heavy atom. The molecule has 2 nitrogen and oxygen atoms in total. The van der Waals surface area contributed by atoms with Crippen molar-refractivity contribution in [3.8, 4) is 0 Å². The third kappa shape index (κ3) is 2.87. The average Bonchev–Trinajstić information content (AvgIpc) is 2.37. The van der Waals surface area contributed by atoms with Gasteiger partial charge in [0.15, 0.2) is 0 Å². The van der Waals surface area contributed by atoms with Crippen LogP contribution in [0.2, 0.25) is 0 Å². The molecule has 3 N–H and O–H groups in total. The van der Waals surface area contributed by atoms with Crippen LogP contribution in [0.25, 0.3) is 0 Å². The third-order valence-electron chi connectivity index (χ3n) is 2.97. The normalized spacial score (nSPS) is 12.2. The summed E-state index contributed by atoms with van der Waals surface area (Å²) in [5, 5.41) is 3.26. The number of halogens is 1. The predicted octanol–water partition coefficient (Wildman–Crippen LogP) is 3.25. The molecular weight excluding hydrogens is 227 g/mol. The van der Waals surface area contributed by atoms with Gasteiger partial charge in [-0.1, -0.05) is 30.3 Å². The van der Waals surface area contributed by atoms with Crippen LogP contribution in [0.4, 0.5) is 10.1 Å². The molecule has 1 atom stereocenters. The number of nitrogens with two attached hydrogens (primary N) is 1. The van der Waals surface area contributed by atoms with Crippen LogP contribution >= 0.6 is 0 Å². The molecule has 0 aromatic heterocycles. The maximum Gasteiger partial charge on any atom is 0.125 e. The smallest absolute Gasteiger partial charge is 0.125 e. The van der Waals surface area contributed by atoms with Crippen LogP contribution in [0.1, 0.15) is 17.2 Å². The van der Waals surface area contributed by atoms with Crippen LogP contribution in [0.5, 0.6) is 0 Å². The van der Waals surface area contributed by atoms with E-state index in [0.717, 1.165) is 11.3 Å². The van der Waals surface area contributed by atoms with Gasteiger partial charge in [-0.05, 0) is 36.2 Å². The van der Waals surface area contributed by atoms with Gasteiger partial charge in [-0.3, -0.25) is 0 Å². The van der Waals surface area contributed by atoms with Crippen molar-refractivity contribution in [2.75, 3.05) is 11.9 Å². The summed E-state index contributed by atoms with van der Waals surface area (Å²) in [7, 11) is 0. The molecular formula is C15H17FN2. The predicted molar refractivity (Wildman–Crippen MR) is 73.0 cm³/mol. The zero-order valence-electron chi connectivity index (χ0n) is 10.4. The zero-order chi connectivity index (χ0) is 13.0. The number of hydrogen-bond acceptors (Lipinski definition) is 2. The van der Waals surface area contributed by atoms with Gasteiger partial charge >= 0.3 is 0 Å². The van der Waals surface area contributed by atoms with E-state index in [1.54, 1.807) is 6.07 Å². The summed E-state index contributed by atoms with van der Waals surface area (Å²) in [6, 6.07) is 14.5. The Morgan fingerprint density at radius 1 is 1.17 bits per heavy atom. The molecule has 2 aromatic rings. The Hall–Kier alpha value is -1.87. The van der Waals surface area contributed by atoms with Crippen molar-refractivity contribution < 1.29 is 4.39 Å². The van der Waals surface area contributed by atoms with Gasteiger partial charge < -0.3 is 11.1 Å². The zero-order valence-corrected chi connectivity index (χ0v) is 10.4. The Labute approximate surface area is 107 Å². The molecule has 0 fully saturated rings. The summed E-state index contributed by atoms with van der Waals surface area (Å²) >= 11 is 0. The minimum absolute atomic E-state index is 0.00648. The largest absolute Gasteiger partial charge is 0.377 e. The fourth-order valence-electron chi connectivity index (χ4n) is 2.02. The van der Waals surface area contributed by atoms with Crippen molar-refractivity contribution >= 4 is 5.69 Å². The van der Waals surface area contributed by atoms with Gasteiger partial charge in [0.2, 0.25) is 0 Å². The van der Waals surface area contributed by atoms with Gasteiger partial charge in [-0.25, -0.2) is 4.39 Å². The number of nitrogens with one attached hydrogen (secondary N) is 1. The van der Waals surface area contributed by atoms with Crippen molar-refractivity contribution in [2.45, 2.75) is 13.0 Å². The van der Waals surface area contributed by atoms with Crippen LogP contribution in [0.15, 0.2) is 48.5 Å². The summed E-state index contributed by atoms with van der Waals surface area (Å²) < 4.78 is 13.1. The molecule has 0 radical (unpaired) electrons. The minimum Gasteiger partial charge on any atom is -0.377 e. The van der Waals surface area contributed by atoms with E-state index in [1.807, 2.05) is 37.3 Å². The Balaban J connectivity index is 2.23. The average molecular weight is 244 g/mol. The summed E-state index contributed by atoms with van der Waals surface area (Å²) in [5.74, 6) is -0.249. The number of hydrogen-bond donors (Lipinski definition) is 2. The van der Waals surface area contributed by atoms with Crippen molar-refractivity contribution in [2.24, 2.45) is 5.73 Å². The van der Waals surface area contributed by atoms with Crippen LogP contribution in [-0.2, 0) is 0 Å². The maximum absolute atomic E-state index is 13.1. The van der Waals surface area contributed by atoms with Crippen molar-refractivity contribution in [3.63, 3.8) is 0 Å². The standard InChI is InChI=1S/C15H17FN2/c1-11-5-2-3-8-14(11)15(10-17)18-13-7-4-6-12(16)9-13/h2-9,15,18H,10,17H2,1H3. The molecule has 0 spiro atoms. The van der Waals surface area contributed by atoms with Crippen LogP contribution in [0, 0.1) is 12.7 Å². The Morgan fingerprint density at radius 2 is 1.94 bits per heavy atom. The molecule has 18 heavy (non-hydrogen) atoms. The lowest BCUT2D eigenvalue weighted by Gasteiger charge is -2.20. The molecule has 3 heteroatoms. The number of anilines is 1. The molecule has 0 aliphatic heterocycles. The maximum atomic E-state index is 13.1. The molecule has 0 saturated heterocycles. The highest BCUT2D eigenvalue weighted by molar-refractivity contribution is 5.46. The van der Waals surface area contributed by atoms with E-state index >= 15 is 0 Å². The van der Waals surface area contributed by atoms with Gasteiger partial charge in [0.25, 0.3) is 0 Å². The molecule has 0 saturated carbocycles. The van der Waals surface area contributed by atoms with E-state index in [-0.39, 0.29) is 11.9 Å². The summed E-state index contributed by atoms with van der Waals surface area (Å²) in [6.45, 7) is 2.51. The molecule has 2 rings (SSSR count). The molecule has 1 unspecified atom stereocenters. The van der Waals surface area contributed by atoms with Gasteiger partial charge in [0.1, 0.15) is 5.82 Å². The van der Waals surface area contributed by atoms with Crippen LogP contribution in [0.3, 0.4) is 0 Å². The van der Waals surface area contributed by atoms with Gasteiger partial charge in [0.05, 0.1) is 6.04 Å². The molecule has 94 valence electrons. The highest BCUT2D eigenvalue weighted by atomic mass is 19.1. The first-order valence-electron chi connectivity index (χ1n) is 5.98. The Bertz CT molecular complexity index is 525. The third-order valence-corrected chi connectivity index (χ3v) is 2.97. The fourth-order valence-corrected chi connectivity index (χ4v) is 2.02. The second-order valence-electron chi connectivity index (χ2n) is 4.30. The Kier molecular flexibility index (Phi) is 3.95. The first-order chi connectivity index (χ1) is 8.70. The van der Waals surface area contributed by atoms with Crippen LogP contribution in [-0.4, -0.2) is 6.54 Å². The molecule has 2 aromatic carbocycles. The number of benzene rings is 2.